The highest BCUT2D eigenvalue weighted by molar-refractivity contribution is 14.1. The summed E-state index contributed by atoms with van der Waals surface area (Å²) in [5.41, 5.74) is 2.01. The molecular formula is C23H20IN3O3S. The standard InChI is InChI=1S/C23H20IN3O3S/c1-2-30-18-12-10-17(11-13-18)25-22(29)19-8-3-4-9-20(19)26-23(31)27-21(28)15-6-5-7-16(24)14-15/h3-14H,2H2,1H3,(H,25,29)(H2,26,27,28,31). The lowest BCUT2D eigenvalue weighted by atomic mass is 10.1. The molecule has 3 aromatic rings. The molecule has 3 rings (SSSR count). The summed E-state index contributed by atoms with van der Waals surface area (Å²) in [5, 5.41) is 8.52. The molecule has 0 aliphatic rings. The first-order valence-corrected chi connectivity index (χ1v) is 11.0. The molecule has 0 heterocycles. The Balaban J connectivity index is 1.67. The van der Waals surface area contributed by atoms with E-state index < -0.39 is 0 Å². The van der Waals surface area contributed by atoms with Gasteiger partial charge in [0, 0.05) is 14.8 Å². The fourth-order valence-electron chi connectivity index (χ4n) is 2.75. The Morgan fingerprint density at radius 3 is 2.39 bits per heavy atom. The Labute approximate surface area is 199 Å². The number of halogens is 1. The third-order valence-corrected chi connectivity index (χ3v) is 5.03. The fourth-order valence-corrected chi connectivity index (χ4v) is 3.49. The first-order valence-electron chi connectivity index (χ1n) is 9.47. The monoisotopic (exact) mass is 545 g/mol. The third-order valence-electron chi connectivity index (χ3n) is 4.16. The first-order chi connectivity index (χ1) is 15.0. The van der Waals surface area contributed by atoms with Gasteiger partial charge in [-0.15, -0.1) is 0 Å². The minimum Gasteiger partial charge on any atom is -0.494 e. The number of anilines is 2. The van der Waals surface area contributed by atoms with Crippen LogP contribution in [0.3, 0.4) is 0 Å². The number of para-hydroxylation sites is 1. The van der Waals surface area contributed by atoms with Crippen molar-refractivity contribution in [2.45, 2.75) is 6.92 Å². The van der Waals surface area contributed by atoms with E-state index >= 15 is 0 Å². The second kappa shape index (κ2) is 10.9. The van der Waals surface area contributed by atoms with Gasteiger partial charge in [0.05, 0.1) is 17.9 Å². The number of amides is 2. The van der Waals surface area contributed by atoms with Crippen LogP contribution in [0.25, 0.3) is 0 Å². The second-order valence-corrected chi connectivity index (χ2v) is 8.03. The number of carbonyl (C=O) groups excluding carboxylic acids is 2. The van der Waals surface area contributed by atoms with E-state index in [1.54, 1.807) is 66.7 Å². The molecule has 0 spiro atoms. The molecule has 0 fully saturated rings. The smallest absolute Gasteiger partial charge is 0.257 e. The minimum absolute atomic E-state index is 0.102. The van der Waals surface area contributed by atoms with Crippen LogP contribution in [-0.4, -0.2) is 23.5 Å². The van der Waals surface area contributed by atoms with Gasteiger partial charge in [-0.05, 0) is 96.3 Å². The van der Waals surface area contributed by atoms with Crippen LogP contribution in [0.2, 0.25) is 0 Å². The van der Waals surface area contributed by atoms with E-state index in [0.717, 1.165) is 9.32 Å². The van der Waals surface area contributed by atoms with Gasteiger partial charge < -0.3 is 15.4 Å². The van der Waals surface area contributed by atoms with Crippen LogP contribution in [0.4, 0.5) is 11.4 Å². The molecule has 158 valence electrons. The van der Waals surface area contributed by atoms with Crippen molar-refractivity contribution < 1.29 is 14.3 Å². The Kier molecular flexibility index (Phi) is 7.96. The molecule has 8 heteroatoms. The highest BCUT2D eigenvalue weighted by Crippen LogP contribution is 2.20. The van der Waals surface area contributed by atoms with E-state index in [1.165, 1.54) is 0 Å². The zero-order valence-electron chi connectivity index (χ0n) is 16.6. The summed E-state index contributed by atoms with van der Waals surface area (Å²) in [6.45, 7) is 2.48. The lowest BCUT2D eigenvalue weighted by molar-refractivity contribution is 0.0976. The van der Waals surface area contributed by atoms with Crippen LogP contribution in [0.1, 0.15) is 27.6 Å². The van der Waals surface area contributed by atoms with Crippen LogP contribution in [-0.2, 0) is 0 Å². The van der Waals surface area contributed by atoms with E-state index in [4.69, 9.17) is 17.0 Å². The molecule has 0 aromatic heterocycles. The van der Waals surface area contributed by atoms with Gasteiger partial charge in [-0.3, -0.25) is 14.9 Å². The molecule has 6 nitrogen and oxygen atoms in total. The van der Waals surface area contributed by atoms with Crippen LogP contribution < -0.4 is 20.7 Å². The first kappa shape index (κ1) is 22.7. The van der Waals surface area contributed by atoms with Gasteiger partial charge in [0.25, 0.3) is 11.8 Å². The molecule has 0 aliphatic heterocycles. The van der Waals surface area contributed by atoms with Crippen LogP contribution in [0, 0.1) is 3.57 Å². The van der Waals surface area contributed by atoms with Crippen molar-refractivity contribution in [2.24, 2.45) is 0 Å². The number of ether oxygens (including phenoxy) is 1. The molecule has 2 amide bonds. The highest BCUT2D eigenvalue weighted by atomic mass is 127. The number of thiocarbonyl (C=S) groups is 1. The average molecular weight is 545 g/mol. The molecule has 0 bridgehead atoms. The van der Waals surface area contributed by atoms with Crippen LogP contribution in [0.15, 0.2) is 72.8 Å². The van der Waals surface area contributed by atoms with Crippen molar-refractivity contribution in [3.05, 3.63) is 87.5 Å². The van der Waals surface area contributed by atoms with Crippen molar-refractivity contribution in [2.75, 3.05) is 17.2 Å². The Morgan fingerprint density at radius 2 is 1.68 bits per heavy atom. The Hall–Kier alpha value is -2.98. The normalized spacial score (nSPS) is 10.1. The average Bonchev–Trinajstić information content (AvgIpc) is 2.75. The molecular weight excluding hydrogens is 525 g/mol. The van der Waals surface area contributed by atoms with Gasteiger partial charge in [0.1, 0.15) is 5.75 Å². The van der Waals surface area contributed by atoms with Gasteiger partial charge in [-0.2, -0.15) is 0 Å². The van der Waals surface area contributed by atoms with Crippen molar-refractivity contribution in [1.29, 1.82) is 0 Å². The molecule has 0 aliphatic carbocycles. The summed E-state index contributed by atoms with van der Waals surface area (Å²) in [6.07, 6.45) is 0. The van der Waals surface area contributed by atoms with Crippen molar-refractivity contribution in [3.8, 4) is 5.75 Å². The van der Waals surface area contributed by atoms with Crippen LogP contribution >= 0.6 is 34.8 Å². The van der Waals surface area contributed by atoms with E-state index in [2.05, 4.69) is 38.5 Å². The molecule has 0 saturated carbocycles. The number of hydrogen-bond acceptors (Lipinski definition) is 4. The number of benzene rings is 3. The lowest BCUT2D eigenvalue weighted by Gasteiger charge is -2.14. The van der Waals surface area contributed by atoms with E-state index in [9.17, 15) is 9.59 Å². The lowest BCUT2D eigenvalue weighted by Crippen LogP contribution is -2.34. The number of hydrogen-bond donors (Lipinski definition) is 3. The summed E-state index contributed by atoms with van der Waals surface area (Å²) < 4.78 is 6.36. The summed E-state index contributed by atoms with van der Waals surface area (Å²) in [6, 6.07) is 21.2. The largest absolute Gasteiger partial charge is 0.494 e. The Bertz CT molecular complexity index is 1100. The minimum atomic E-state index is -0.327. The molecule has 31 heavy (non-hydrogen) atoms. The number of carbonyl (C=O) groups is 2. The maximum Gasteiger partial charge on any atom is 0.257 e. The van der Waals surface area contributed by atoms with E-state index in [1.807, 2.05) is 13.0 Å². The SMILES string of the molecule is CCOc1ccc(NC(=O)c2ccccc2NC(=S)NC(=O)c2cccc(I)c2)cc1. The zero-order chi connectivity index (χ0) is 22.2. The summed E-state index contributed by atoms with van der Waals surface area (Å²) in [4.78, 5) is 25.2. The second-order valence-electron chi connectivity index (χ2n) is 6.38. The quantitative estimate of drug-likeness (QED) is 0.298. The van der Waals surface area contributed by atoms with Crippen molar-refractivity contribution in [1.82, 2.24) is 5.32 Å². The summed E-state index contributed by atoms with van der Waals surface area (Å²) in [5.74, 6) is 0.100. The summed E-state index contributed by atoms with van der Waals surface area (Å²) >= 11 is 7.41. The van der Waals surface area contributed by atoms with Crippen molar-refractivity contribution in [3.63, 3.8) is 0 Å². The molecule has 0 atom stereocenters. The maximum atomic E-state index is 12.8. The zero-order valence-corrected chi connectivity index (χ0v) is 19.6. The molecule has 0 saturated heterocycles. The Morgan fingerprint density at radius 1 is 0.935 bits per heavy atom. The van der Waals surface area contributed by atoms with E-state index in [0.29, 0.717) is 29.1 Å². The van der Waals surface area contributed by atoms with Crippen molar-refractivity contribution >= 4 is 63.1 Å². The third kappa shape index (κ3) is 6.50. The molecule has 3 aromatic carbocycles. The molecule has 0 radical (unpaired) electrons. The van der Waals surface area contributed by atoms with Gasteiger partial charge in [-0.25, -0.2) is 0 Å². The van der Waals surface area contributed by atoms with Gasteiger partial charge in [-0.1, -0.05) is 18.2 Å². The van der Waals surface area contributed by atoms with Gasteiger partial charge in [0.15, 0.2) is 5.11 Å². The number of rotatable bonds is 6. The molecule has 3 N–H and O–H groups in total. The predicted molar refractivity (Wildman–Crippen MR) is 135 cm³/mol. The summed E-state index contributed by atoms with van der Waals surface area (Å²) in [7, 11) is 0. The maximum absolute atomic E-state index is 12.8. The highest BCUT2D eigenvalue weighted by Gasteiger charge is 2.14. The van der Waals surface area contributed by atoms with Crippen LogP contribution in [0.5, 0.6) is 5.75 Å². The topological polar surface area (TPSA) is 79.5 Å². The van der Waals surface area contributed by atoms with Gasteiger partial charge >= 0.3 is 0 Å². The molecule has 0 unspecified atom stereocenters. The van der Waals surface area contributed by atoms with Gasteiger partial charge in [0.2, 0.25) is 0 Å². The van der Waals surface area contributed by atoms with E-state index in [-0.39, 0.29) is 16.9 Å². The predicted octanol–water partition coefficient (Wildman–Crippen LogP) is 5.07. The fraction of sp³-hybridized carbons (Fsp3) is 0.0870. The number of nitrogens with one attached hydrogen (secondary N) is 3.